The number of nitrogens with zero attached hydrogens (tertiary/aromatic N) is 4. The Balaban J connectivity index is 1.44. The Hall–Kier alpha value is -2.76. The molecule has 4 heterocycles. The van der Waals surface area contributed by atoms with E-state index >= 15 is 0 Å². The van der Waals surface area contributed by atoms with Gasteiger partial charge in [0.25, 0.3) is 0 Å². The van der Waals surface area contributed by atoms with E-state index in [9.17, 15) is 5.11 Å². The van der Waals surface area contributed by atoms with Gasteiger partial charge in [-0.15, -0.1) is 0 Å². The summed E-state index contributed by atoms with van der Waals surface area (Å²) in [7, 11) is 2.12. The molecular formula is C30H38N4O. The van der Waals surface area contributed by atoms with Crippen molar-refractivity contribution in [3.63, 3.8) is 0 Å². The van der Waals surface area contributed by atoms with Gasteiger partial charge in [-0.25, -0.2) is 4.98 Å². The SMILES string of the molecule is CC(C)c1ccc(C(O)(c2cncc(C3CCN(c4ccccn4)CC3)c2)C2(C)CN(C)C2)cc1. The number of aromatic nitrogens is 2. The van der Waals surface area contributed by atoms with Crippen molar-refractivity contribution < 1.29 is 5.11 Å². The quantitative estimate of drug-likeness (QED) is 0.539. The van der Waals surface area contributed by atoms with Gasteiger partial charge in [0.1, 0.15) is 11.4 Å². The van der Waals surface area contributed by atoms with Crippen LogP contribution in [0.15, 0.2) is 67.1 Å². The summed E-state index contributed by atoms with van der Waals surface area (Å²) < 4.78 is 0. The van der Waals surface area contributed by atoms with Gasteiger partial charge >= 0.3 is 0 Å². The third-order valence-corrected chi connectivity index (χ3v) is 8.22. The molecule has 0 spiro atoms. The number of anilines is 1. The number of pyridine rings is 2. The molecule has 3 aromatic rings. The van der Waals surface area contributed by atoms with Crippen LogP contribution in [0.5, 0.6) is 0 Å². The summed E-state index contributed by atoms with van der Waals surface area (Å²) in [5.41, 5.74) is 3.03. The van der Waals surface area contributed by atoms with Gasteiger partial charge in [0.05, 0.1) is 0 Å². The van der Waals surface area contributed by atoms with Crippen molar-refractivity contribution in [2.24, 2.45) is 5.41 Å². The Kier molecular flexibility index (Phi) is 6.41. The van der Waals surface area contributed by atoms with E-state index in [0.717, 1.165) is 56.0 Å². The van der Waals surface area contributed by atoms with E-state index in [0.29, 0.717) is 11.8 Å². The summed E-state index contributed by atoms with van der Waals surface area (Å²) in [5, 5.41) is 12.5. The standard InChI is InChI=1S/C30H38N4O/c1-22(2)23-8-10-26(11-9-23)30(35,29(3)20-33(4)21-29)27-17-25(18-31-19-27)24-12-15-34(16-13-24)28-7-5-6-14-32-28/h5-11,14,17-19,22,24,35H,12-13,15-16,20-21H2,1-4H3. The molecule has 0 amide bonds. The van der Waals surface area contributed by atoms with Gasteiger partial charge in [0.15, 0.2) is 0 Å². The molecule has 0 aliphatic carbocycles. The van der Waals surface area contributed by atoms with Gasteiger partial charge in [-0.2, -0.15) is 0 Å². The van der Waals surface area contributed by atoms with Crippen molar-refractivity contribution >= 4 is 5.82 Å². The maximum absolute atomic E-state index is 12.5. The molecule has 2 fully saturated rings. The van der Waals surface area contributed by atoms with E-state index in [4.69, 9.17) is 0 Å². The molecule has 1 atom stereocenters. The zero-order chi connectivity index (χ0) is 24.6. The molecule has 1 aromatic carbocycles. The summed E-state index contributed by atoms with van der Waals surface area (Å²) in [6, 6.07) is 16.9. The van der Waals surface area contributed by atoms with Gasteiger partial charge in [-0.3, -0.25) is 4.98 Å². The van der Waals surface area contributed by atoms with Crippen LogP contribution in [-0.2, 0) is 5.60 Å². The van der Waals surface area contributed by atoms with Crippen molar-refractivity contribution in [3.8, 4) is 0 Å². The van der Waals surface area contributed by atoms with Crippen LogP contribution in [0, 0.1) is 5.41 Å². The second kappa shape index (κ2) is 9.36. The zero-order valence-corrected chi connectivity index (χ0v) is 21.5. The van der Waals surface area contributed by atoms with Gasteiger partial charge in [-0.1, -0.05) is 51.1 Å². The number of aliphatic hydroxyl groups is 1. The number of benzene rings is 1. The number of likely N-dealkylation sites (tertiary alicyclic amines) is 1. The first-order chi connectivity index (χ1) is 16.8. The smallest absolute Gasteiger partial charge is 0.128 e. The Morgan fingerprint density at radius 1 is 1.00 bits per heavy atom. The summed E-state index contributed by atoms with van der Waals surface area (Å²) in [4.78, 5) is 13.8. The average Bonchev–Trinajstić information content (AvgIpc) is 2.88. The molecule has 2 saturated heterocycles. The van der Waals surface area contributed by atoms with E-state index in [1.165, 1.54) is 11.1 Å². The molecule has 2 aliphatic heterocycles. The van der Waals surface area contributed by atoms with E-state index in [-0.39, 0.29) is 5.41 Å². The average molecular weight is 471 g/mol. The maximum Gasteiger partial charge on any atom is 0.128 e. The Morgan fingerprint density at radius 3 is 2.31 bits per heavy atom. The van der Waals surface area contributed by atoms with Crippen LogP contribution < -0.4 is 4.90 Å². The van der Waals surface area contributed by atoms with Crippen molar-refractivity contribution in [2.45, 2.75) is 51.0 Å². The third kappa shape index (κ3) is 4.36. The minimum atomic E-state index is -1.09. The van der Waals surface area contributed by atoms with Gasteiger partial charge < -0.3 is 14.9 Å². The highest BCUT2D eigenvalue weighted by molar-refractivity contribution is 5.43. The molecule has 1 N–H and O–H groups in total. The summed E-state index contributed by atoms with van der Waals surface area (Å²) >= 11 is 0. The molecule has 5 heteroatoms. The highest BCUT2D eigenvalue weighted by Crippen LogP contribution is 2.50. The summed E-state index contributed by atoms with van der Waals surface area (Å²) in [5.74, 6) is 1.95. The first-order valence-electron chi connectivity index (χ1n) is 12.9. The zero-order valence-electron chi connectivity index (χ0n) is 21.5. The molecule has 2 aromatic heterocycles. The number of rotatable bonds is 6. The van der Waals surface area contributed by atoms with E-state index in [2.05, 4.69) is 90.1 Å². The van der Waals surface area contributed by atoms with Crippen LogP contribution in [0.1, 0.15) is 67.7 Å². The molecule has 0 bridgehead atoms. The summed E-state index contributed by atoms with van der Waals surface area (Å²) in [6.07, 6.45) is 7.86. The number of piperidine rings is 1. The van der Waals surface area contributed by atoms with Crippen LogP contribution in [-0.4, -0.2) is 53.2 Å². The van der Waals surface area contributed by atoms with Gasteiger partial charge in [0.2, 0.25) is 0 Å². The summed E-state index contributed by atoms with van der Waals surface area (Å²) in [6.45, 7) is 10.3. The van der Waals surface area contributed by atoms with Gasteiger partial charge in [-0.05, 0) is 66.6 Å². The van der Waals surface area contributed by atoms with Crippen LogP contribution in [0.3, 0.4) is 0 Å². The highest BCUT2D eigenvalue weighted by Gasteiger charge is 2.55. The van der Waals surface area contributed by atoms with Crippen molar-refractivity contribution in [3.05, 3.63) is 89.4 Å². The predicted octanol–water partition coefficient (Wildman–Crippen LogP) is 5.17. The monoisotopic (exact) mass is 470 g/mol. The molecule has 5 rings (SSSR count). The number of hydrogen-bond donors (Lipinski definition) is 1. The molecule has 0 radical (unpaired) electrons. The molecule has 0 saturated carbocycles. The molecule has 5 nitrogen and oxygen atoms in total. The largest absolute Gasteiger partial charge is 0.380 e. The molecule has 35 heavy (non-hydrogen) atoms. The fraction of sp³-hybridized carbons (Fsp3) is 0.467. The van der Waals surface area contributed by atoms with Crippen LogP contribution in [0.2, 0.25) is 0 Å². The van der Waals surface area contributed by atoms with E-state index in [1.54, 1.807) is 0 Å². The van der Waals surface area contributed by atoms with E-state index < -0.39 is 5.60 Å². The molecular weight excluding hydrogens is 432 g/mol. The first kappa shape index (κ1) is 24.0. The first-order valence-corrected chi connectivity index (χ1v) is 12.9. The molecule has 1 unspecified atom stereocenters. The maximum atomic E-state index is 12.5. The fourth-order valence-electron chi connectivity index (χ4n) is 6.21. The van der Waals surface area contributed by atoms with Crippen LogP contribution >= 0.6 is 0 Å². The highest BCUT2D eigenvalue weighted by atomic mass is 16.3. The van der Waals surface area contributed by atoms with Crippen molar-refractivity contribution in [1.29, 1.82) is 0 Å². The lowest BCUT2D eigenvalue weighted by Crippen LogP contribution is -2.63. The Labute approximate surface area is 209 Å². The molecule has 184 valence electrons. The van der Waals surface area contributed by atoms with Crippen LogP contribution in [0.25, 0.3) is 0 Å². The lowest BCUT2D eigenvalue weighted by atomic mass is 9.62. The normalized spacial score (nSPS) is 20.5. The predicted molar refractivity (Wildman–Crippen MR) is 142 cm³/mol. The Morgan fingerprint density at radius 2 is 1.71 bits per heavy atom. The lowest BCUT2D eigenvalue weighted by Gasteiger charge is -2.56. The second-order valence-corrected chi connectivity index (χ2v) is 11.2. The fourth-order valence-corrected chi connectivity index (χ4v) is 6.21. The van der Waals surface area contributed by atoms with Gasteiger partial charge in [0, 0.05) is 55.7 Å². The Bertz CT molecular complexity index is 1130. The number of hydrogen-bond acceptors (Lipinski definition) is 5. The van der Waals surface area contributed by atoms with Crippen molar-refractivity contribution in [2.75, 3.05) is 38.1 Å². The minimum Gasteiger partial charge on any atom is -0.380 e. The second-order valence-electron chi connectivity index (χ2n) is 11.2. The lowest BCUT2D eigenvalue weighted by molar-refractivity contribution is -0.127. The van der Waals surface area contributed by atoms with Crippen LogP contribution in [0.4, 0.5) is 5.82 Å². The molecule has 2 aliphatic rings. The topological polar surface area (TPSA) is 52.5 Å². The minimum absolute atomic E-state index is 0.274. The van der Waals surface area contributed by atoms with Crippen molar-refractivity contribution in [1.82, 2.24) is 14.9 Å². The van der Waals surface area contributed by atoms with E-state index in [1.807, 2.05) is 24.7 Å². The third-order valence-electron chi connectivity index (χ3n) is 8.22.